The maximum Gasteiger partial charge on any atom is 0.149 e. The van der Waals surface area contributed by atoms with Gasteiger partial charge in [0, 0.05) is 16.1 Å². The van der Waals surface area contributed by atoms with Crippen molar-refractivity contribution < 1.29 is 9.50 Å². The third kappa shape index (κ3) is 3.48. The molecule has 2 N–H and O–H groups in total. The molecule has 0 saturated carbocycles. The van der Waals surface area contributed by atoms with Crippen LogP contribution < -0.4 is 5.32 Å². The summed E-state index contributed by atoms with van der Waals surface area (Å²) in [6.45, 7) is 2.61. The van der Waals surface area contributed by atoms with Gasteiger partial charge in [0.05, 0.1) is 10.6 Å². The maximum atomic E-state index is 14.2. The number of hydrogen-bond donors (Lipinski definition) is 2. The molecule has 5 heteroatoms. The minimum absolute atomic E-state index is 0.0226. The number of nitrogens with one attached hydrogen (secondary N) is 1. The molecule has 2 rings (SSSR count). The lowest BCUT2D eigenvalue weighted by molar-refractivity contribution is 0.0298. The predicted molar refractivity (Wildman–Crippen MR) is 78.9 cm³/mol. The lowest BCUT2D eigenvalue weighted by Gasteiger charge is -2.32. The van der Waals surface area contributed by atoms with Gasteiger partial charge in [-0.2, -0.15) is 0 Å². The summed E-state index contributed by atoms with van der Waals surface area (Å²) >= 11 is 9.06. The van der Waals surface area contributed by atoms with E-state index in [2.05, 4.69) is 21.2 Å². The summed E-state index contributed by atoms with van der Waals surface area (Å²) in [6.07, 6.45) is 3.82. The van der Waals surface area contributed by atoms with E-state index < -0.39 is 11.4 Å². The monoisotopic (exact) mass is 349 g/mol. The quantitative estimate of drug-likeness (QED) is 0.808. The van der Waals surface area contributed by atoms with Crippen LogP contribution in [-0.4, -0.2) is 17.7 Å². The van der Waals surface area contributed by atoms with Crippen LogP contribution >= 0.6 is 27.5 Å². The molecule has 19 heavy (non-hydrogen) atoms. The normalized spacial score (nSPS) is 23.1. The summed E-state index contributed by atoms with van der Waals surface area (Å²) in [4.78, 5) is 0. The summed E-state index contributed by atoms with van der Waals surface area (Å²) in [5.74, 6) is -0.545. The first kappa shape index (κ1) is 15.2. The van der Waals surface area contributed by atoms with E-state index in [1.807, 2.05) is 0 Å². The highest BCUT2D eigenvalue weighted by Crippen LogP contribution is 2.35. The minimum atomic E-state index is -1.22. The largest absolute Gasteiger partial charge is 0.385 e. The van der Waals surface area contributed by atoms with Crippen LogP contribution in [-0.2, 0) is 5.60 Å². The van der Waals surface area contributed by atoms with Crippen LogP contribution in [0.15, 0.2) is 16.6 Å². The van der Waals surface area contributed by atoms with E-state index in [9.17, 15) is 9.50 Å². The fourth-order valence-electron chi connectivity index (χ4n) is 2.63. The molecule has 1 aromatic carbocycles. The Morgan fingerprint density at radius 1 is 1.53 bits per heavy atom. The standard InChI is InChI=1S/C14H18BrClFNO/c1-14(19,8-9-4-2-3-7-18-9)10-5-6-11(15)12(16)13(10)17/h5-6,9,18-19H,2-4,7-8H2,1H3. The molecule has 1 aromatic rings. The average molecular weight is 351 g/mol. The second kappa shape index (κ2) is 6.08. The number of rotatable bonds is 3. The summed E-state index contributed by atoms with van der Waals surface area (Å²) < 4.78 is 14.7. The third-order valence-electron chi connectivity index (χ3n) is 3.67. The molecule has 106 valence electrons. The van der Waals surface area contributed by atoms with Crippen LogP contribution in [0, 0.1) is 5.82 Å². The molecule has 1 heterocycles. The van der Waals surface area contributed by atoms with Crippen LogP contribution in [0.1, 0.15) is 38.2 Å². The Hall–Kier alpha value is -0.160. The molecule has 2 nitrogen and oxygen atoms in total. The van der Waals surface area contributed by atoms with Gasteiger partial charge >= 0.3 is 0 Å². The lowest BCUT2D eigenvalue weighted by atomic mass is 9.86. The Morgan fingerprint density at radius 2 is 2.26 bits per heavy atom. The number of halogens is 3. The van der Waals surface area contributed by atoms with Gasteiger partial charge in [-0.05, 0) is 54.7 Å². The van der Waals surface area contributed by atoms with Crippen molar-refractivity contribution in [3.63, 3.8) is 0 Å². The van der Waals surface area contributed by atoms with E-state index in [4.69, 9.17) is 11.6 Å². The van der Waals surface area contributed by atoms with E-state index in [1.165, 1.54) is 0 Å². The SMILES string of the molecule is CC(O)(CC1CCCCN1)c1ccc(Br)c(Cl)c1F. The van der Waals surface area contributed by atoms with Gasteiger partial charge in [-0.25, -0.2) is 4.39 Å². The number of benzene rings is 1. The summed E-state index contributed by atoms with van der Waals surface area (Å²) in [5.41, 5.74) is -0.961. The molecule has 0 spiro atoms. The molecule has 0 bridgehead atoms. The Balaban J connectivity index is 2.21. The minimum Gasteiger partial charge on any atom is -0.385 e. The van der Waals surface area contributed by atoms with Crippen molar-refractivity contribution in [2.75, 3.05) is 6.54 Å². The van der Waals surface area contributed by atoms with E-state index >= 15 is 0 Å². The molecule has 0 aromatic heterocycles. The van der Waals surface area contributed by atoms with Gasteiger partial charge < -0.3 is 10.4 Å². The van der Waals surface area contributed by atoms with Crippen LogP contribution in [0.2, 0.25) is 5.02 Å². The van der Waals surface area contributed by atoms with Gasteiger partial charge in [-0.3, -0.25) is 0 Å². The zero-order valence-corrected chi connectivity index (χ0v) is 13.2. The maximum absolute atomic E-state index is 14.2. The summed E-state index contributed by atoms with van der Waals surface area (Å²) in [7, 11) is 0. The molecule has 1 fully saturated rings. The zero-order chi connectivity index (χ0) is 14.0. The molecule has 1 aliphatic heterocycles. The van der Waals surface area contributed by atoms with E-state index in [0.29, 0.717) is 10.9 Å². The van der Waals surface area contributed by atoms with Crippen molar-refractivity contribution >= 4 is 27.5 Å². The van der Waals surface area contributed by atoms with Gasteiger partial charge in [0.25, 0.3) is 0 Å². The van der Waals surface area contributed by atoms with E-state index in [-0.39, 0.29) is 16.6 Å². The molecule has 1 aliphatic rings. The summed E-state index contributed by atoms with van der Waals surface area (Å²) in [5, 5.41) is 14.0. The van der Waals surface area contributed by atoms with Crippen molar-refractivity contribution in [3.05, 3.63) is 33.0 Å². The Kier molecular flexibility index (Phi) is 4.88. The Labute approximate surface area is 126 Å². The molecule has 0 radical (unpaired) electrons. The number of piperidine rings is 1. The topological polar surface area (TPSA) is 32.3 Å². The Morgan fingerprint density at radius 3 is 2.89 bits per heavy atom. The molecular formula is C14H18BrClFNO. The first-order chi connectivity index (χ1) is 8.92. The first-order valence-corrected chi connectivity index (χ1v) is 7.68. The molecule has 2 unspecified atom stereocenters. The van der Waals surface area contributed by atoms with Crippen LogP contribution in [0.5, 0.6) is 0 Å². The van der Waals surface area contributed by atoms with E-state index in [1.54, 1.807) is 19.1 Å². The van der Waals surface area contributed by atoms with Crippen LogP contribution in [0.3, 0.4) is 0 Å². The predicted octanol–water partition coefficient (Wildman–Crippen LogP) is 3.98. The smallest absolute Gasteiger partial charge is 0.149 e. The van der Waals surface area contributed by atoms with Gasteiger partial charge in [0.15, 0.2) is 0 Å². The second-order valence-corrected chi connectivity index (χ2v) is 6.58. The molecule has 0 amide bonds. The molecule has 2 atom stereocenters. The highest BCUT2D eigenvalue weighted by atomic mass is 79.9. The fraction of sp³-hybridized carbons (Fsp3) is 0.571. The van der Waals surface area contributed by atoms with Gasteiger partial charge in [-0.15, -0.1) is 0 Å². The van der Waals surface area contributed by atoms with Crippen molar-refractivity contribution in [3.8, 4) is 0 Å². The highest BCUT2D eigenvalue weighted by molar-refractivity contribution is 9.10. The van der Waals surface area contributed by atoms with Crippen LogP contribution in [0.4, 0.5) is 4.39 Å². The van der Waals surface area contributed by atoms with E-state index in [0.717, 1.165) is 25.8 Å². The van der Waals surface area contributed by atoms with Gasteiger partial charge in [-0.1, -0.05) is 24.1 Å². The molecule has 0 aliphatic carbocycles. The third-order valence-corrected chi connectivity index (χ3v) is 4.93. The first-order valence-electron chi connectivity index (χ1n) is 6.51. The van der Waals surface area contributed by atoms with Gasteiger partial charge in [0.2, 0.25) is 0 Å². The molecule has 1 saturated heterocycles. The fourth-order valence-corrected chi connectivity index (χ4v) is 3.10. The van der Waals surface area contributed by atoms with Crippen LogP contribution in [0.25, 0.3) is 0 Å². The highest BCUT2D eigenvalue weighted by Gasteiger charge is 2.31. The average Bonchev–Trinajstić information content (AvgIpc) is 2.36. The summed E-state index contributed by atoms with van der Waals surface area (Å²) in [6, 6.07) is 3.49. The number of hydrogen-bond acceptors (Lipinski definition) is 2. The van der Waals surface area contributed by atoms with Crippen molar-refractivity contribution in [2.24, 2.45) is 0 Å². The second-order valence-electron chi connectivity index (χ2n) is 5.35. The Bertz CT molecular complexity index is 461. The number of aliphatic hydroxyl groups is 1. The van der Waals surface area contributed by atoms with Crippen molar-refractivity contribution in [2.45, 2.75) is 44.2 Å². The van der Waals surface area contributed by atoms with Crippen molar-refractivity contribution in [1.29, 1.82) is 0 Å². The lowest BCUT2D eigenvalue weighted by Crippen LogP contribution is -2.40. The van der Waals surface area contributed by atoms with Gasteiger partial charge in [0.1, 0.15) is 5.82 Å². The molecular weight excluding hydrogens is 333 g/mol. The van der Waals surface area contributed by atoms with Crippen molar-refractivity contribution in [1.82, 2.24) is 5.32 Å². The zero-order valence-electron chi connectivity index (χ0n) is 10.8.